The molecule has 2 heterocycles. The van der Waals surface area contributed by atoms with Gasteiger partial charge in [-0.05, 0) is 43.4 Å². The minimum Gasteiger partial charge on any atom is -0.321 e. The SMILES string of the molecule is CN1CCN(S(=O)(=O)c2ccc(NC(=O)c3ccc4ccccc4n3)cc2)CC1. The maximum Gasteiger partial charge on any atom is 0.274 e. The number of fused-ring (bicyclic) bond motifs is 1. The molecule has 4 rings (SSSR count). The van der Waals surface area contributed by atoms with Crippen LogP contribution in [0.3, 0.4) is 0 Å². The van der Waals surface area contributed by atoms with Gasteiger partial charge >= 0.3 is 0 Å². The topological polar surface area (TPSA) is 82.6 Å². The molecule has 1 saturated heterocycles. The van der Waals surface area contributed by atoms with Gasteiger partial charge in [0.05, 0.1) is 10.4 Å². The fraction of sp³-hybridized carbons (Fsp3) is 0.238. The van der Waals surface area contributed by atoms with Crippen molar-refractivity contribution in [3.8, 4) is 0 Å². The van der Waals surface area contributed by atoms with Gasteiger partial charge in [-0.15, -0.1) is 0 Å². The predicted octanol–water partition coefficient (Wildman–Crippen LogP) is 2.42. The number of para-hydroxylation sites is 1. The standard InChI is InChI=1S/C21H22N4O3S/c1-24-12-14-25(15-13-24)29(27,28)18-9-7-17(8-10-18)22-21(26)20-11-6-16-4-2-3-5-19(16)23-20/h2-11H,12-15H2,1H3,(H,22,26). The number of hydrogen-bond acceptors (Lipinski definition) is 5. The fourth-order valence-corrected chi connectivity index (χ4v) is 4.70. The third-order valence-electron chi connectivity index (χ3n) is 5.04. The molecule has 0 radical (unpaired) electrons. The van der Waals surface area contributed by atoms with E-state index in [9.17, 15) is 13.2 Å². The van der Waals surface area contributed by atoms with E-state index in [0.29, 0.717) is 37.6 Å². The number of pyridine rings is 1. The Morgan fingerprint density at radius 3 is 2.34 bits per heavy atom. The highest BCUT2D eigenvalue weighted by Crippen LogP contribution is 2.20. The summed E-state index contributed by atoms with van der Waals surface area (Å²) in [7, 11) is -1.55. The van der Waals surface area contributed by atoms with Crippen LogP contribution in [0.5, 0.6) is 0 Å². The van der Waals surface area contributed by atoms with E-state index in [-0.39, 0.29) is 10.8 Å². The predicted molar refractivity (Wildman–Crippen MR) is 112 cm³/mol. The lowest BCUT2D eigenvalue weighted by atomic mass is 10.2. The molecule has 0 unspecified atom stereocenters. The van der Waals surface area contributed by atoms with Gasteiger partial charge in [0.15, 0.2) is 0 Å². The van der Waals surface area contributed by atoms with Gasteiger partial charge in [-0.3, -0.25) is 4.79 Å². The molecule has 29 heavy (non-hydrogen) atoms. The first kappa shape index (κ1) is 19.5. The van der Waals surface area contributed by atoms with Crippen molar-refractivity contribution in [1.29, 1.82) is 0 Å². The van der Waals surface area contributed by atoms with Gasteiger partial charge in [0.1, 0.15) is 5.69 Å². The lowest BCUT2D eigenvalue weighted by molar-refractivity contribution is 0.102. The summed E-state index contributed by atoms with van der Waals surface area (Å²) in [5.41, 5.74) is 1.56. The number of carbonyl (C=O) groups is 1. The van der Waals surface area contributed by atoms with Crippen molar-refractivity contribution in [2.24, 2.45) is 0 Å². The molecule has 1 aliphatic rings. The molecule has 0 bridgehead atoms. The van der Waals surface area contributed by atoms with Crippen LogP contribution >= 0.6 is 0 Å². The molecule has 1 aromatic heterocycles. The molecule has 0 atom stereocenters. The Labute approximate surface area is 170 Å². The first-order chi connectivity index (χ1) is 13.9. The maximum absolute atomic E-state index is 12.8. The highest BCUT2D eigenvalue weighted by Gasteiger charge is 2.27. The van der Waals surface area contributed by atoms with Crippen LogP contribution in [-0.2, 0) is 10.0 Å². The van der Waals surface area contributed by atoms with Gasteiger partial charge in [-0.2, -0.15) is 4.31 Å². The third-order valence-corrected chi connectivity index (χ3v) is 6.96. The van der Waals surface area contributed by atoms with Crippen LogP contribution < -0.4 is 5.32 Å². The number of sulfonamides is 1. The van der Waals surface area contributed by atoms with Crippen molar-refractivity contribution in [2.75, 3.05) is 38.5 Å². The molecule has 3 aromatic rings. The number of benzene rings is 2. The number of amides is 1. The summed E-state index contributed by atoms with van der Waals surface area (Å²) in [6.07, 6.45) is 0. The van der Waals surface area contributed by atoms with Gasteiger partial charge in [-0.25, -0.2) is 13.4 Å². The number of aromatic nitrogens is 1. The zero-order valence-corrected chi connectivity index (χ0v) is 16.9. The molecular formula is C21H22N4O3S. The van der Waals surface area contributed by atoms with Gasteiger partial charge < -0.3 is 10.2 Å². The molecule has 1 N–H and O–H groups in total. The number of nitrogens with one attached hydrogen (secondary N) is 1. The molecule has 2 aromatic carbocycles. The van der Waals surface area contributed by atoms with Crippen molar-refractivity contribution in [3.05, 3.63) is 66.4 Å². The fourth-order valence-electron chi connectivity index (χ4n) is 3.28. The van der Waals surface area contributed by atoms with Gasteiger partial charge in [0, 0.05) is 37.3 Å². The van der Waals surface area contributed by atoms with E-state index < -0.39 is 10.0 Å². The van der Waals surface area contributed by atoms with Crippen molar-refractivity contribution in [2.45, 2.75) is 4.90 Å². The summed E-state index contributed by atoms with van der Waals surface area (Å²) < 4.78 is 27.1. The number of anilines is 1. The van der Waals surface area contributed by atoms with Crippen molar-refractivity contribution in [3.63, 3.8) is 0 Å². The summed E-state index contributed by atoms with van der Waals surface area (Å²) in [6.45, 7) is 2.38. The van der Waals surface area contributed by atoms with E-state index >= 15 is 0 Å². The van der Waals surface area contributed by atoms with Crippen LogP contribution in [0.1, 0.15) is 10.5 Å². The third kappa shape index (κ3) is 4.14. The van der Waals surface area contributed by atoms with Crippen molar-refractivity contribution < 1.29 is 13.2 Å². The first-order valence-electron chi connectivity index (χ1n) is 9.39. The highest BCUT2D eigenvalue weighted by molar-refractivity contribution is 7.89. The molecular weight excluding hydrogens is 388 g/mol. The summed E-state index contributed by atoms with van der Waals surface area (Å²) >= 11 is 0. The summed E-state index contributed by atoms with van der Waals surface area (Å²) in [5, 5.41) is 3.73. The lowest BCUT2D eigenvalue weighted by Crippen LogP contribution is -2.46. The van der Waals surface area contributed by atoms with Crippen molar-refractivity contribution >= 4 is 32.5 Å². The number of hydrogen-bond donors (Lipinski definition) is 1. The average Bonchev–Trinajstić information content (AvgIpc) is 2.74. The number of likely N-dealkylation sites (N-methyl/N-ethyl adjacent to an activating group) is 1. The van der Waals surface area contributed by atoms with Crippen LogP contribution in [0.25, 0.3) is 10.9 Å². The Hall–Kier alpha value is -2.81. The second-order valence-electron chi connectivity index (χ2n) is 7.08. The molecule has 1 aliphatic heterocycles. The second-order valence-corrected chi connectivity index (χ2v) is 9.01. The monoisotopic (exact) mass is 410 g/mol. The van der Waals surface area contributed by atoms with Gasteiger partial charge in [0.2, 0.25) is 10.0 Å². The zero-order chi connectivity index (χ0) is 20.4. The average molecular weight is 410 g/mol. The van der Waals surface area contributed by atoms with Crippen LogP contribution in [-0.4, -0.2) is 61.7 Å². The van der Waals surface area contributed by atoms with Crippen LogP contribution in [0.4, 0.5) is 5.69 Å². The number of carbonyl (C=O) groups excluding carboxylic acids is 1. The zero-order valence-electron chi connectivity index (χ0n) is 16.1. The Bertz CT molecular complexity index is 1140. The molecule has 1 fully saturated rings. The van der Waals surface area contributed by atoms with Crippen molar-refractivity contribution in [1.82, 2.24) is 14.2 Å². The molecule has 8 heteroatoms. The Balaban J connectivity index is 1.48. The molecule has 1 amide bonds. The maximum atomic E-state index is 12.8. The van der Waals surface area contributed by atoms with Crippen LogP contribution in [0.15, 0.2) is 65.6 Å². The summed E-state index contributed by atoms with van der Waals surface area (Å²) in [5.74, 6) is -0.342. The van der Waals surface area contributed by atoms with Crippen LogP contribution in [0.2, 0.25) is 0 Å². The van der Waals surface area contributed by atoms with E-state index in [2.05, 4.69) is 15.2 Å². The van der Waals surface area contributed by atoms with E-state index in [1.165, 1.54) is 16.4 Å². The molecule has 7 nitrogen and oxygen atoms in total. The minimum absolute atomic E-state index is 0.226. The van der Waals surface area contributed by atoms with Gasteiger partial charge in [-0.1, -0.05) is 24.3 Å². The molecule has 150 valence electrons. The molecule has 0 saturated carbocycles. The van der Waals surface area contributed by atoms with E-state index in [1.807, 2.05) is 37.4 Å². The smallest absolute Gasteiger partial charge is 0.274 e. The number of rotatable bonds is 4. The Morgan fingerprint density at radius 1 is 0.931 bits per heavy atom. The van der Waals surface area contributed by atoms with Crippen LogP contribution in [0, 0.1) is 0 Å². The minimum atomic E-state index is -3.53. The Kier molecular flexibility index (Phi) is 5.31. The number of piperazine rings is 1. The largest absolute Gasteiger partial charge is 0.321 e. The van der Waals surface area contributed by atoms with E-state index in [1.54, 1.807) is 18.2 Å². The molecule has 0 spiro atoms. The highest BCUT2D eigenvalue weighted by atomic mass is 32.2. The first-order valence-corrected chi connectivity index (χ1v) is 10.8. The van der Waals surface area contributed by atoms with Gasteiger partial charge in [0.25, 0.3) is 5.91 Å². The Morgan fingerprint density at radius 2 is 1.62 bits per heavy atom. The normalized spacial score (nSPS) is 16.0. The number of nitrogens with zero attached hydrogens (tertiary/aromatic N) is 3. The summed E-state index contributed by atoms with van der Waals surface area (Å²) in [4.78, 5) is 19.2. The molecule has 0 aliphatic carbocycles. The summed E-state index contributed by atoms with van der Waals surface area (Å²) in [6, 6.07) is 17.3. The van der Waals surface area contributed by atoms with E-state index in [4.69, 9.17) is 0 Å². The second kappa shape index (κ2) is 7.90. The quantitative estimate of drug-likeness (QED) is 0.714. The lowest BCUT2D eigenvalue weighted by Gasteiger charge is -2.31. The van der Waals surface area contributed by atoms with E-state index in [0.717, 1.165) is 10.9 Å².